The average Bonchev–Trinajstić information content (AvgIpc) is 2.31. The van der Waals surface area contributed by atoms with Gasteiger partial charge >= 0.3 is 5.97 Å². The monoisotopic (exact) mass is 376 g/mol. The van der Waals surface area contributed by atoms with E-state index in [9.17, 15) is 9.90 Å². The Morgan fingerprint density at radius 1 is 1.42 bits per heavy atom. The fourth-order valence-electron chi connectivity index (χ4n) is 1.56. The van der Waals surface area contributed by atoms with Crippen molar-refractivity contribution in [2.75, 3.05) is 7.11 Å². The lowest BCUT2D eigenvalue weighted by Gasteiger charge is -2.27. The first kappa shape index (κ1) is 15.8. The number of aromatic hydroxyl groups is 1. The topological polar surface area (TPSA) is 55.8 Å². The van der Waals surface area contributed by atoms with E-state index in [1.54, 1.807) is 26.8 Å². The molecule has 0 saturated heterocycles. The zero-order valence-electron chi connectivity index (χ0n) is 11.4. The van der Waals surface area contributed by atoms with Crippen molar-refractivity contribution >= 4 is 28.6 Å². The summed E-state index contributed by atoms with van der Waals surface area (Å²) in [5.41, 5.74) is 0.141. The van der Waals surface area contributed by atoms with Gasteiger partial charge in [-0.1, -0.05) is 6.58 Å². The SMILES string of the molecule is C=C(C)C(=O)OC(C)(C)c1cc(I)c(O)cc1OC. The minimum atomic E-state index is -0.880. The van der Waals surface area contributed by atoms with Crippen LogP contribution in [0.5, 0.6) is 11.5 Å². The number of ether oxygens (including phenoxy) is 2. The molecule has 0 aliphatic rings. The van der Waals surface area contributed by atoms with Gasteiger partial charge in [-0.05, 0) is 49.4 Å². The molecule has 0 aromatic heterocycles. The summed E-state index contributed by atoms with van der Waals surface area (Å²) in [5.74, 6) is 0.135. The highest BCUT2D eigenvalue weighted by Crippen LogP contribution is 2.37. The molecule has 104 valence electrons. The average molecular weight is 376 g/mol. The van der Waals surface area contributed by atoms with Crippen molar-refractivity contribution < 1.29 is 19.4 Å². The summed E-state index contributed by atoms with van der Waals surface area (Å²) in [7, 11) is 1.50. The number of benzene rings is 1. The fourth-order valence-corrected chi connectivity index (χ4v) is 2.02. The zero-order valence-corrected chi connectivity index (χ0v) is 13.6. The quantitative estimate of drug-likeness (QED) is 0.498. The van der Waals surface area contributed by atoms with Crippen molar-refractivity contribution in [3.63, 3.8) is 0 Å². The summed E-state index contributed by atoms with van der Waals surface area (Å²) < 4.78 is 11.3. The Bertz CT molecular complexity index is 520. The van der Waals surface area contributed by atoms with Crippen LogP contribution in [0.4, 0.5) is 0 Å². The van der Waals surface area contributed by atoms with Gasteiger partial charge in [0.05, 0.1) is 10.7 Å². The van der Waals surface area contributed by atoms with Crippen LogP contribution < -0.4 is 4.74 Å². The van der Waals surface area contributed by atoms with Gasteiger partial charge in [-0.2, -0.15) is 0 Å². The van der Waals surface area contributed by atoms with Crippen LogP contribution in [0.2, 0.25) is 0 Å². The van der Waals surface area contributed by atoms with Crippen LogP contribution in [-0.2, 0) is 15.1 Å². The van der Waals surface area contributed by atoms with Gasteiger partial charge in [0.1, 0.15) is 17.1 Å². The molecule has 0 aliphatic heterocycles. The van der Waals surface area contributed by atoms with E-state index in [2.05, 4.69) is 6.58 Å². The molecule has 4 nitrogen and oxygen atoms in total. The molecule has 0 amide bonds. The van der Waals surface area contributed by atoms with Crippen LogP contribution in [0.3, 0.4) is 0 Å². The van der Waals surface area contributed by atoms with E-state index in [4.69, 9.17) is 9.47 Å². The first-order valence-electron chi connectivity index (χ1n) is 5.65. The molecule has 5 heteroatoms. The Morgan fingerprint density at radius 2 is 2.00 bits per heavy atom. The Balaban J connectivity index is 3.23. The number of carbonyl (C=O) groups is 1. The predicted molar refractivity (Wildman–Crippen MR) is 81.3 cm³/mol. The lowest BCUT2D eigenvalue weighted by Crippen LogP contribution is -2.26. The van der Waals surface area contributed by atoms with Gasteiger partial charge in [0.2, 0.25) is 0 Å². The maximum absolute atomic E-state index is 11.7. The van der Waals surface area contributed by atoms with Gasteiger partial charge < -0.3 is 14.6 Å². The number of hydrogen-bond donors (Lipinski definition) is 1. The lowest BCUT2D eigenvalue weighted by atomic mass is 9.96. The Hall–Kier alpha value is -1.24. The second-order valence-electron chi connectivity index (χ2n) is 4.68. The second-order valence-corrected chi connectivity index (χ2v) is 5.85. The number of halogens is 1. The van der Waals surface area contributed by atoms with Gasteiger partial charge in [-0.25, -0.2) is 4.79 Å². The fraction of sp³-hybridized carbons (Fsp3) is 0.357. The number of phenolic OH excluding ortho intramolecular Hbond substituents is 1. The standard InChI is InChI=1S/C14H17IO4/c1-8(2)13(17)19-14(3,4)9-6-10(15)11(16)7-12(9)18-5/h6-7,16H,1H2,2-5H3. The molecular formula is C14H17IO4. The van der Waals surface area contributed by atoms with Crippen molar-refractivity contribution in [1.29, 1.82) is 0 Å². The molecule has 0 saturated carbocycles. The first-order chi connectivity index (χ1) is 8.69. The summed E-state index contributed by atoms with van der Waals surface area (Å²) >= 11 is 2.01. The molecular weight excluding hydrogens is 359 g/mol. The Morgan fingerprint density at radius 3 is 2.47 bits per heavy atom. The third-order valence-electron chi connectivity index (χ3n) is 2.61. The summed E-state index contributed by atoms with van der Waals surface area (Å²) in [6.45, 7) is 8.68. The number of esters is 1. The maximum Gasteiger partial charge on any atom is 0.333 e. The minimum Gasteiger partial charge on any atom is -0.507 e. The summed E-state index contributed by atoms with van der Waals surface area (Å²) in [6.07, 6.45) is 0. The van der Waals surface area contributed by atoms with E-state index < -0.39 is 11.6 Å². The van der Waals surface area contributed by atoms with Gasteiger partial charge in [-0.15, -0.1) is 0 Å². The highest BCUT2D eigenvalue weighted by molar-refractivity contribution is 14.1. The zero-order chi connectivity index (χ0) is 14.8. The van der Waals surface area contributed by atoms with E-state index in [0.29, 0.717) is 20.5 Å². The molecule has 0 unspecified atom stereocenters. The largest absolute Gasteiger partial charge is 0.507 e. The molecule has 0 radical (unpaired) electrons. The van der Waals surface area contributed by atoms with Crippen LogP contribution >= 0.6 is 22.6 Å². The molecule has 0 heterocycles. The molecule has 0 bridgehead atoms. The van der Waals surface area contributed by atoms with Crippen LogP contribution in [0.15, 0.2) is 24.3 Å². The van der Waals surface area contributed by atoms with E-state index >= 15 is 0 Å². The second kappa shape index (κ2) is 5.81. The number of rotatable bonds is 4. The summed E-state index contributed by atoms with van der Waals surface area (Å²) in [6, 6.07) is 3.24. The number of methoxy groups -OCH3 is 1. The van der Waals surface area contributed by atoms with Crippen molar-refractivity contribution in [1.82, 2.24) is 0 Å². The van der Waals surface area contributed by atoms with Crippen molar-refractivity contribution in [2.24, 2.45) is 0 Å². The third kappa shape index (κ3) is 3.62. The highest BCUT2D eigenvalue weighted by Gasteiger charge is 2.30. The van der Waals surface area contributed by atoms with Gasteiger partial charge in [-0.3, -0.25) is 0 Å². The summed E-state index contributed by atoms with van der Waals surface area (Å²) in [4.78, 5) is 11.7. The van der Waals surface area contributed by atoms with Crippen LogP contribution in [0.25, 0.3) is 0 Å². The van der Waals surface area contributed by atoms with Gasteiger partial charge in [0.25, 0.3) is 0 Å². The van der Waals surface area contributed by atoms with Crippen molar-refractivity contribution in [3.05, 3.63) is 33.4 Å². The predicted octanol–water partition coefficient (Wildman–Crippen LogP) is 3.36. The number of hydrogen-bond acceptors (Lipinski definition) is 4. The Labute approximate surface area is 126 Å². The molecule has 19 heavy (non-hydrogen) atoms. The molecule has 0 fully saturated rings. The minimum absolute atomic E-state index is 0.128. The van der Waals surface area contributed by atoms with E-state index in [0.717, 1.165) is 0 Å². The van der Waals surface area contributed by atoms with Crippen LogP contribution in [-0.4, -0.2) is 18.2 Å². The number of carbonyl (C=O) groups excluding carboxylic acids is 1. The molecule has 0 spiro atoms. The van der Waals surface area contributed by atoms with Crippen molar-refractivity contribution in [2.45, 2.75) is 26.4 Å². The smallest absolute Gasteiger partial charge is 0.333 e. The lowest BCUT2D eigenvalue weighted by molar-refractivity contribution is -0.152. The highest BCUT2D eigenvalue weighted by atomic mass is 127. The van der Waals surface area contributed by atoms with Gasteiger partial charge in [0.15, 0.2) is 0 Å². The maximum atomic E-state index is 11.7. The molecule has 0 aliphatic carbocycles. The molecule has 1 aromatic rings. The van der Waals surface area contributed by atoms with E-state index in [1.807, 2.05) is 22.6 Å². The molecule has 1 rings (SSSR count). The van der Waals surface area contributed by atoms with Crippen molar-refractivity contribution in [3.8, 4) is 11.5 Å². The van der Waals surface area contributed by atoms with E-state index in [-0.39, 0.29) is 5.75 Å². The van der Waals surface area contributed by atoms with Gasteiger partial charge in [0, 0.05) is 17.2 Å². The number of phenols is 1. The molecule has 1 N–H and O–H groups in total. The normalized spacial score (nSPS) is 11.0. The third-order valence-corrected chi connectivity index (χ3v) is 3.48. The van der Waals surface area contributed by atoms with Crippen LogP contribution in [0, 0.1) is 3.57 Å². The Kier molecular flexibility index (Phi) is 4.84. The molecule has 1 aromatic carbocycles. The van der Waals surface area contributed by atoms with Crippen LogP contribution in [0.1, 0.15) is 26.3 Å². The van der Waals surface area contributed by atoms with E-state index in [1.165, 1.54) is 13.2 Å². The first-order valence-corrected chi connectivity index (χ1v) is 6.72. The summed E-state index contributed by atoms with van der Waals surface area (Å²) in [5, 5.41) is 9.68. The molecule has 0 atom stereocenters.